The molecule has 1 aromatic heterocycles. The van der Waals surface area contributed by atoms with Crippen LogP contribution in [0.2, 0.25) is 0 Å². The van der Waals surface area contributed by atoms with E-state index in [1.54, 1.807) is 0 Å². The molecule has 3 nitrogen and oxygen atoms in total. The second-order valence-corrected chi connectivity index (χ2v) is 8.23. The predicted molar refractivity (Wildman–Crippen MR) is 121 cm³/mol. The molecule has 0 spiro atoms. The lowest BCUT2D eigenvalue weighted by Gasteiger charge is -2.42. The number of benzene rings is 2. The normalized spacial score (nSPS) is 17.6. The van der Waals surface area contributed by atoms with Crippen LogP contribution in [0.15, 0.2) is 48.7 Å². The van der Waals surface area contributed by atoms with Gasteiger partial charge in [0.25, 0.3) is 5.91 Å². The van der Waals surface area contributed by atoms with Gasteiger partial charge in [0, 0.05) is 30.1 Å². The zero-order chi connectivity index (χ0) is 20.4. The summed E-state index contributed by atoms with van der Waals surface area (Å²) in [6.45, 7) is 7.91. The summed E-state index contributed by atoms with van der Waals surface area (Å²) < 4.78 is 0. The maximum absolute atomic E-state index is 13.0. The number of hydrogen-bond donors (Lipinski definition) is 1. The lowest BCUT2D eigenvalue weighted by atomic mass is 9.60. The molecule has 0 bridgehead atoms. The van der Waals surface area contributed by atoms with E-state index >= 15 is 0 Å². The van der Waals surface area contributed by atoms with E-state index in [9.17, 15) is 4.79 Å². The molecule has 2 fully saturated rings. The largest absolute Gasteiger partial charge is 0.360 e. The Kier molecular flexibility index (Phi) is 5.49. The van der Waals surface area contributed by atoms with Crippen LogP contribution < -0.4 is 0 Å². The third kappa shape index (κ3) is 3.27. The third-order valence-electron chi connectivity index (χ3n) is 6.67. The first-order chi connectivity index (χ1) is 14.2. The maximum Gasteiger partial charge on any atom is 0.255 e. The van der Waals surface area contributed by atoms with Gasteiger partial charge >= 0.3 is 0 Å². The Balaban J connectivity index is 0.000000994. The van der Waals surface area contributed by atoms with Gasteiger partial charge in [0.05, 0.1) is 11.1 Å². The van der Waals surface area contributed by atoms with Gasteiger partial charge in [-0.15, -0.1) is 0 Å². The Morgan fingerprint density at radius 1 is 0.966 bits per heavy atom. The van der Waals surface area contributed by atoms with E-state index in [0.29, 0.717) is 0 Å². The Morgan fingerprint density at radius 2 is 1.66 bits per heavy atom. The van der Waals surface area contributed by atoms with E-state index < -0.39 is 0 Å². The number of nitrogens with one attached hydrogen (secondary N) is 1. The number of H-pyrrole nitrogens is 1. The Bertz CT molecular complexity index is 989. The molecule has 2 heterocycles. The Hall–Kier alpha value is -2.55. The van der Waals surface area contributed by atoms with Gasteiger partial charge in [0.1, 0.15) is 0 Å². The number of para-hydroxylation sites is 1. The van der Waals surface area contributed by atoms with E-state index in [0.717, 1.165) is 37.0 Å². The van der Waals surface area contributed by atoms with Crippen molar-refractivity contribution in [3.05, 3.63) is 70.9 Å². The van der Waals surface area contributed by atoms with Crippen LogP contribution in [0.3, 0.4) is 0 Å². The number of nitrogens with zero attached hydrogens (tertiary/aromatic N) is 1. The lowest BCUT2D eigenvalue weighted by Crippen LogP contribution is -2.35. The highest BCUT2D eigenvalue weighted by Gasteiger charge is 2.42. The smallest absolute Gasteiger partial charge is 0.255 e. The molecule has 1 saturated heterocycles. The number of hydrogen-bond acceptors (Lipinski definition) is 1. The topological polar surface area (TPSA) is 36.1 Å². The van der Waals surface area contributed by atoms with Crippen molar-refractivity contribution in [2.24, 2.45) is 0 Å². The number of rotatable bonds is 3. The van der Waals surface area contributed by atoms with Crippen LogP contribution in [0.1, 0.15) is 73.0 Å². The summed E-state index contributed by atoms with van der Waals surface area (Å²) in [6.07, 6.45) is 8.00. The second kappa shape index (κ2) is 8.06. The summed E-state index contributed by atoms with van der Waals surface area (Å²) in [5, 5.41) is 1.21. The van der Waals surface area contributed by atoms with Crippen molar-refractivity contribution < 1.29 is 4.79 Å². The molecule has 29 heavy (non-hydrogen) atoms. The molecular weight excluding hydrogens is 356 g/mol. The highest BCUT2D eigenvalue weighted by Crippen LogP contribution is 2.51. The minimum absolute atomic E-state index is 0.0846. The Morgan fingerprint density at radius 3 is 2.28 bits per heavy atom. The minimum Gasteiger partial charge on any atom is -0.360 e. The third-order valence-corrected chi connectivity index (χ3v) is 6.67. The quantitative estimate of drug-likeness (QED) is 0.569. The van der Waals surface area contributed by atoms with E-state index in [1.807, 2.05) is 30.9 Å². The standard InChI is InChI=1S/C24H26N2O.C2H6/c1-17-8-10-18(11-9-17)24(12-5-13-24)21-16-25-22-19(21)6-4-7-20(22)23(27)26-14-2-3-15-26;1-2/h4,6-11,16,25H,2-3,5,12-15H2,1H3;1-2H3. The molecule has 2 aromatic carbocycles. The summed E-state index contributed by atoms with van der Waals surface area (Å²) in [5.41, 5.74) is 5.95. The number of aromatic amines is 1. The molecule has 1 amide bonds. The van der Waals surface area contributed by atoms with Gasteiger partial charge in [-0.2, -0.15) is 0 Å². The molecule has 3 heteroatoms. The zero-order valence-corrected chi connectivity index (χ0v) is 17.9. The van der Waals surface area contributed by atoms with Crippen molar-refractivity contribution in [3.63, 3.8) is 0 Å². The molecule has 3 aromatic rings. The molecule has 1 aliphatic carbocycles. The van der Waals surface area contributed by atoms with E-state index in [-0.39, 0.29) is 11.3 Å². The summed E-state index contributed by atoms with van der Waals surface area (Å²) >= 11 is 0. The highest BCUT2D eigenvalue weighted by atomic mass is 16.2. The average molecular weight is 389 g/mol. The van der Waals surface area contributed by atoms with Crippen LogP contribution in [-0.2, 0) is 5.41 Å². The number of likely N-dealkylation sites (tertiary alicyclic amines) is 1. The molecule has 0 radical (unpaired) electrons. The number of fused-ring (bicyclic) bond motifs is 1. The molecule has 152 valence electrons. The van der Waals surface area contributed by atoms with Gasteiger partial charge < -0.3 is 9.88 Å². The van der Waals surface area contributed by atoms with Gasteiger partial charge in [0.15, 0.2) is 0 Å². The molecule has 0 unspecified atom stereocenters. The molecule has 2 aliphatic rings. The SMILES string of the molecule is CC.Cc1ccc(C2(c3c[nH]c4c(C(=O)N5CCCC5)cccc34)CCC2)cc1. The summed E-state index contributed by atoms with van der Waals surface area (Å²) in [7, 11) is 0. The monoisotopic (exact) mass is 388 g/mol. The van der Waals surface area contributed by atoms with E-state index in [4.69, 9.17) is 0 Å². The number of carbonyl (C=O) groups is 1. The number of amides is 1. The first-order valence-electron chi connectivity index (χ1n) is 11.2. The van der Waals surface area contributed by atoms with Crippen LogP contribution in [0.4, 0.5) is 0 Å². The van der Waals surface area contributed by atoms with E-state index in [2.05, 4.69) is 48.4 Å². The second-order valence-electron chi connectivity index (χ2n) is 8.23. The predicted octanol–water partition coefficient (Wildman–Crippen LogP) is 6.21. The molecule has 1 saturated carbocycles. The Labute approximate surface area is 174 Å². The van der Waals surface area contributed by atoms with E-state index in [1.165, 1.54) is 41.3 Å². The van der Waals surface area contributed by atoms with Crippen LogP contribution in [0.25, 0.3) is 10.9 Å². The maximum atomic E-state index is 13.0. The van der Waals surface area contributed by atoms with Gasteiger partial charge in [-0.25, -0.2) is 0 Å². The van der Waals surface area contributed by atoms with Crippen molar-refractivity contribution in [3.8, 4) is 0 Å². The zero-order valence-electron chi connectivity index (χ0n) is 17.9. The average Bonchev–Trinajstić information content (AvgIpc) is 3.40. The first kappa shape index (κ1) is 19.8. The first-order valence-corrected chi connectivity index (χ1v) is 11.2. The summed E-state index contributed by atoms with van der Waals surface area (Å²) in [6, 6.07) is 15.2. The fourth-order valence-corrected chi connectivity index (χ4v) is 4.94. The van der Waals surface area contributed by atoms with Crippen molar-refractivity contribution in [1.82, 2.24) is 9.88 Å². The van der Waals surface area contributed by atoms with Crippen molar-refractivity contribution in [2.45, 2.75) is 58.3 Å². The van der Waals surface area contributed by atoms with Gasteiger partial charge in [-0.3, -0.25) is 4.79 Å². The fourth-order valence-electron chi connectivity index (χ4n) is 4.94. The molecule has 1 N–H and O–H groups in total. The summed E-state index contributed by atoms with van der Waals surface area (Å²) in [4.78, 5) is 18.5. The number of aromatic nitrogens is 1. The van der Waals surface area contributed by atoms with Crippen LogP contribution in [-0.4, -0.2) is 28.9 Å². The number of carbonyl (C=O) groups excluding carboxylic acids is 1. The van der Waals surface area contributed by atoms with Crippen molar-refractivity contribution in [2.75, 3.05) is 13.1 Å². The van der Waals surface area contributed by atoms with Crippen LogP contribution >= 0.6 is 0 Å². The van der Waals surface area contributed by atoms with Crippen molar-refractivity contribution >= 4 is 16.8 Å². The molecule has 0 atom stereocenters. The van der Waals surface area contributed by atoms with Gasteiger partial charge in [0.2, 0.25) is 0 Å². The lowest BCUT2D eigenvalue weighted by molar-refractivity contribution is 0.0794. The van der Waals surface area contributed by atoms with Crippen LogP contribution in [0.5, 0.6) is 0 Å². The molecule has 5 rings (SSSR count). The summed E-state index contributed by atoms with van der Waals surface area (Å²) in [5.74, 6) is 0.171. The van der Waals surface area contributed by atoms with Crippen molar-refractivity contribution in [1.29, 1.82) is 0 Å². The molecular formula is C26H32N2O. The minimum atomic E-state index is 0.0846. The van der Waals surface area contributed by atoms with Gasteiger partial charge in [-0.05, 0) is 49.8 Å². The van der Waals surface area contributed by atoms with Crippen LogP contribution in [0, 0.1) is 6.92 Å². The number of aryl methyl sites for hydroxylation is 1. The highest BCUT2D eigenvalue weighted by molar-refractivity contribution is 6.06. The molecule has 1 aliphatic heterocycles. The van der Waals surface area contributed by atoms with Gasteiger partial charge in [-0.1, -0.05) is 62.2 Å². The fraction of sp³-hybridized carbons (Fsp3) is 0.423.